The van der Waals surface area contributed by atoms with E-state index in [0.29, 0.717) is 26.1 Å². The Labute approximate surface area is 118 Å². The molecule has 1 heterocycles. The molecule has 0 spiro atoms. The van der Waals surface area contributed by atoms with Gasteiger partial charge in [-0.2, -0.15) is 5.26 Å². The minimum Gasteiger partial charge on any atom is -0.386 e. The number of amides is 1. The van der Waals surface area contributed by atoms with Crippen molar-refractivity contribution in [3.8, 4) is 6.07 Å². The van der Waals surface area contributed by atoms with Gasteiger partial charge in [0.2, 0.25) is 0 Å². The third-order valence-corrected chi connectivity index (χ3v) is 2.45. The molecule has 1 amide bonds. The summed E-state index contributed by atoms with van der Waals surface area (Å²) in [7, 11) is 1.60. The van der Waals surface area contributed by atoms with Crippen molar-refractivity contribution in [2.45, 2.75) is 13.0 Å². The van der Waals surface area contributed by atoms with Gasteiger partial charge < -0.3 is 15.4 Å². The third kappa shape index (κ3) is 5.98. The molecule has 2 N–H and O–H groups in total. The second kappa shape index (κ2) is 9.53. The minimum absolute atomic E-state index is 0.0475. The normalized spacial score (nSPS) is 10.7. The van der Waals surface area contributed by atoms with E-state index in [0.717, 1.165) is 5.56 Å². The van der Waals surface area contributed by atoms with Crippen LogP contribution in [0.5, 0.6) is 0 Å². The maximum Gasteiger partial charge on any atom is 0.263 e. The SMILES string of the molecule is COCCCNC(=O)/C(C#N)=C\NCc1cccnc1. The van der Waals surface area contributed by atoms with Gasteiger partial charge in [-0.1, -0.05) is 6.07 Å². The maximum atomic E-state index is 11.7. The molecule has 0 aliphatic rings. The monoisotopic (exact) mass is 274 g/mol. The van der Waals surface area contributed by atoms with Crippen LogP contribution in [0.3, 0.4) is 0 Å². The van der Waals surface area contributed by atoms with Crippen molar-refractivity contribution in [2.24, 2.45) is 0 Å². The highest BCUT2D eigenvalue weighted by Crippen LogP contribution is 1.96. The second-order valence-corrected chi connectivity index (χ2v) is 4.01. The summed E-state index contributed by atoms with van der Waals surface area (Å²) < 4.78 is 4.88. The number of carbonyl (C=O) groups is 1. The van der Waals surface area contributed by atoms with Crippen LogP contribution < -0.4 is 10.6 Å². The van der Waals surface area contributed by atoms with Crippen molar-refractivity contribution in [3.05, 3.63) is 41.9 Å². The zero-order valence-corrected chi connectivity index (χ0v) is 11.4. The summed E-state index contributed by atoms with van der Waals surface area (Å²) in [6.07, 6.45) is 5.54. The Bertz CT molecular complexity index is 480. The van der Waals surface area contributed by atoms with Gasteiger partial charge in [0.15, 0.2) is 0 Å². The first-order valence-corrected chi connectivity index (χ1v) is 6.27. The lowest BCUT2D eigenvalue weighted by molar-refractivity contribution is -0.117. The summed E-state index contributed by atoms with van der Waals surface area (Å²) in [4.78, 5) is 15.7. The van der Waals surface area contributed by atoms with Gasteiger partial charge in [0.25, 0.3) is 5.91 Å². The summed E-state index contributed by atoms with van der Waals surface area (Å²) >= 11 is 0. The van der Waals surface area contributed by atoms with Crippen LogP contribution in [0, 0.1) is 11.3 Å². The number of rotatable bonds is 8. The Morgan fingerprint density at radius 3 is 3.10 bits per heavy atom. The van der Waals surface area contributed by atoms with Gasteiger partial charge >= 0.3 is 0 Å². The zero-order chi connectivity index (χ0) is 14.6. The van der Waals surface area contributed by atoms with Crippen LogP contribution in [-0.4, -0.2) is 31.2 Å². The van der Waals surface area contributed by atoms with Gasteiger partial charge in [0, 0.05) is 45.4 Å². The van der Waals surface area contributed by atoms with E-state index in [-0.39, 0.29) is 11.5 Å². The molecule has 1 aromatic heterocycles. The molecule has 0 fully saturated rings. The topological polar surface area (TPSA) is 87.0 Å². The average molecular weight is 274 g/mol. The Hall–Kier alpha value is -2.39. The van der Waals surface area contributed by atoms with Crippen LogP contribution in [0.25, 0.3) is 0 Å². The molecule has 0 aromatic carbocycles. The molecule has 0 bridgehead atoms. The number of carbonyl (C=O) groups excluding carboxylic acids is 1. The first-order chi connectivity index (χ1) is 9.77. The fourth-order valence-corrected chi connectivity index (χ4v) is 1.44. The third-order valence-electron chi connectivity index (χ3n) is 2.45. The number of aromatic nitrogens is 1. The molecule has 0 atom stereocenters. The highest BCUT2D eigenvalue weighted by Gasteiger charge is 2.07. The number of hydrogen-bond acceptors (Lipinski definition) is 5. The highest BCUT2D eigenvalue weighted by molar-refractivity contribution is 5.97. The largest absolute Gasteiger partial charge is 0.386 e. The molecule has 6 nitrogen and oxygen atoms in total. The number of nitriles is 1. The van der Waals surface area contributed by atoms with Crippen molar-refractivity contribution in [2.75, 3.05) is 20.3 Å². The first kappa shape index (κ1) is 15.7. The predicted molar refractivity (Wildman–Crippen MR) is 74.3 cm³/mol. The zero-order valence-electron chi connectivity index (χ0n) is 11.4. The Kier molecular flexibility index (Phi) is 7.46. The number of pyridine rings is 1. The van der Waals surface area contributed by atoms with Gasteiger partial charge in [-0.25, -0.2) is 0 Å². The Balaban J connectivity index is 2.39. The van der Waals surface area contributed by atoms with Gasteiger partial charge in [-0.3, -0.25) is 9.78 Å². The molecule has 6 heteroatoms. The van der Waals surface area contributed by atoms with E-state index in [4.69, 9.17) is 10.00 Å². The van der Waals surface area contributed by atoms with Crippen molar-refractivity contribution < 1.29 is 9.53 Å². The van der Waals surface area contributed by atoms with E-state index in [1.165, 1.54) is 6.20 Å². The van der Waals surface area contributed by atoms with Crippen molar-refractivity contribution in [1.29, 1.82) is 5.26 Å². The molecule has 0 unspecified atom stereocenters. The van der Waals surface area contributed by atoms with Crippen LogP contribution in [0.2, 0.25) is 0 Å². The van der Waals surface area contributed by atoms with Crippen molar-refractivity contribution in [1.82, 2.24) is 15.6 Å². The van der Waals surface area contributed by atoms with Crippen LogP contribution >= 0.6 is 0 Å². The number of hydrogen-bond donors (Lipinski definition) is 2. The van der Waals surface area contributed by atoms with Gasteiger partial charge in [-0.05, 0) is 18.1 Å². The molecular weight excluding hydrogens is 256 g/mol. The van der Waals surface area contributed by atoms with E-state index in [2.05, 4.69) is 15.6 Å². The van der Waals surface area contributed by atoms with Crippen molar-refractivity contribution in [3.63, 3.8) is 0 Å². The minimum atomic E-state index is -0.387. The van der Waals surface area contributed by atoms with Crippen LogP contribution in [-0.2, 0) is 16.1 Å². The van der Waals surface area contributed by atoms with E-state index < -0.39 is 0 Å². The van der Waals surface area contributed by atoms with Crippen molar-refractivity contribution >= 4 is 5.91 Å². The number of methoxy groups -OCH3 is 1. The number of nitrogens with one attached hydrogen (secondary N) is 2. The molecule has 0 saturated carbocycles. The van der Waals surface area contributed by atoms with E-state index in [1.807, 2.05) is 18.2 Å². The summed E-state index contributed by atoms with van der Waals surface area (Å²) in [5, 5.41) is 14.5. The van der Waals surface area contributed by atoms with Crippen LogP contribution in [0.15, 0.2) is 36.3 Å². The summed E-state index contributed by atoms with van der Waals surface area (Å²) in [6.45, 7) is 1.56. The first-order valence-electron chi connectivity index (χ1n) is 6.27. The molecule has 1 aromatic rings. The van der Waals surface area contributed by atoms with Crippen LogP contribution in [0.1, 0.15) is 12.0 Å². The second-order valence-electron chi connectivity index (χ2n) is 4.01. The van der Waals surface area contributed by atoms with E-state index in [9.17, 15) is 4.79 Å². The van der Waals surface area contributed by atoms with Gasteiger partial charge in [0.05, 0.1) is 0 Å². The fraction of sp³-hybridized carbons (Fsp3) is 0.357. The lowest BCUT2D eigenvalue weighted by Gasteiger charge is -2.04. The molecule has 0 radical (unpaired) electrons. The standard InChI is InChI=1S/C14H18N4O2/c1-20-7-3-6-18-14(19)13(8-15)11-17-10-12-4-2-5-16-9-12/h2,4-5,9,11,17H,3,6-7,10H2,1H3,(H,18,19)/b13-11-. The number of ether oxygens (including phenoxy) is 1. The Morgan fingerprint density at radius 2 is 2.45 bits per heavy atom. The lowest BCUT2D eigenvalue weighted by Crippen LogP contribution is -2.27. The average Bonchev–Trinajstić information content (AvgIpc) is 2.49. The summed E-state index contributed by atoms with van der Waals surface area (Å²) in [5.74, 6) is -0.387. The molecule has 0 aliphatic carbocycles. The van der Waals surface area contributed by atoms with Crippen LogP contribution in [0.4, 0.5) is 0 Å². The molecule has 0 saturated heterocycles. The molecule has 20 heavy (non-hydrogen) atoms. The highest BCUT2D eigenvalue weighted by atomic mass is 16.5. The quantitative estimate of drug-likeness (QED) is 0.414. The van der Waals surface area contributed by atoms with Gasteiger partial charge in [0.1, 0.15) is 11.6 Å². The fourth-order valence-electron chi connectivity index (χ4n) is 1.44. The lowest BCUT2D eigenvalue weighted by atomic mass is 10.2. The predicted octanol–water partition coefficient (Wildman–Crippen LogP) is 0.731. The molecular formula is C14H18N4O2. The van der Waals surface area contributed by atoms with Gasteiger partial charge in [-0.15, -0.1) is 0 Å². The summed E-state index contributed by atoms with van der Waals surface area (Å²) in [6, 6.07) is 5.60. The Morgan fingerprint density at radius 1 is 1.60 bits per heavy atom. The molecule has 0 aliphatic heterocycles. The smallest absolute Gasteiger partial charge is 0.263 e. The van der Waals surface area contributed by atoms with E-state index in [1.54, 1.807) is 19.5 Å². The van der Waals surface area contributed by atoms with E-state index >= 15 is 0 Å². The number of nitrogens with zero attached hydrogens (tertiary/aromatic N) is 2. The summed E-state index contributed by atoms with van der Waals surface area (Å²) in [5.41, 5.74) is 1.02. The molecule has 106 valence electrons. The maximum absolute atomic E-state index is 11.7. The molecule has 1 rings (SSSR count).